The number of carbonyl (C=O) groups excluding carboxylic acids is 1. The molecule has 1 aliphatic rings. The second-order valence-corrected chi connectivity index (χ2v) is 15.1. The molecule has 3 rings (SSSR count). The minimum atomic E-state index is -1.10. The van der Waals surface area contributed by atoms with E-state index in [0.717, 1.165) is 18.2 Å². The minimum Gasteiger partial charge on any atom is -0.488 e. The van der Waals surface area contributed by atoms with Crippen molar-refractivity contribution in [1.29, 1.82) is 0 Å². The van der Waals surface area contributed by atoms with Gasteiger partial charge in [-0.25, -0.2) is 9.48 Å². The molecule has 1 aliphatic heterocycles. The first kappa shape index (κ1) is 21.9. The lowest BCUT2D eigenvalue weighted by Gasteiger charge is -2.32. The fourth-order valence-corrected chi connectivity index (χ4v) is 3.91. The van der Waals surface area contributed by atoms with Gasteiger partial charge in [0.1, 0.15) is 24.7 Å². The van der Waals surface area contributed by atoms with Gasteiger partial charge < -0.3 is 18.9 Å². The number of benzene rings is 1. The molecule has 0 saturated heterocycles. The van der Waals surface area contributed by atoms with E-state index in [1.807, 2.05) is 6.20 Å². The number of carbonyl (C=O) groups is 1. The quantitative estimate of drug-likeness (QED) is 0.305. The first-order valence-electron chi connectivity index (χ1n) is 9.51. The van der Waals surface area contributed by atoms with Gasteiger partial charge in [0.15, 0.2) is 5.75 Å². The number of fused-ring (bicyclic) bond motifs is 1. The second kappa shape index (κ2) is 8.49. The smallest absolute Gasteiger partial charge is 0.349 e. The van der Waals surface area contributed by atoms with Crippen LogP contribution in [0.15, 0.2) is 29.0 Å². The molecule has 0 amide bonds. The molecule has 7 nitrogen and oxygen atoms in total. The van der Waals surface area contributed by atoms with Gasteiger partial charge in [-0.1, -0.05) is 19.6 Å². The Morgan fingerprint density at radius 2 is 2.00 bits per heavy atom. The number of hydrogen-bond acceptors (Lipinski definition) is 6. The summed E-state index contributed by atoms with van der Waals surface area (Å²) in [7, 11) is -1.10. The van der Waals surface area contributed by atoms with Gasteiger partial charge in [0.2, 0.25) is 5.79 Å². The van der Waals surface area contributed by atoms with Crippen molar-refractivity contribution in [1.82, 2.24) is 9.78 Å². The van der Waals surface area contributed by atoms with Crippen LogP contribution in [0, 0.1) is 0 Å². The summed E-state index contributed by atoms with van der Waals surface area (Å²) in [6, 6.07) is 4.63. The Kier molecular flexibility index (Phi) is 6.40. The summed E-state index contributed by atoms with van der Waals surface area (Å²) in [5.41, 5.74) is 1.15. The molecule has 29 heavy (non-hydrogen) atoms. The predicted octanol–water partition coefficient (Wildman–Crippen LogP) is 4.82. The summed E-state index contributed by atoms with van der Waals surface area (Å²) < 4.78 is 25.1. The van der Waals surface area contributed by atoms with Gasteiger partial charge in [0, 0.05) is 40.3 Å². The molecule has 0 atom stereocenters. The Morgan fingerprint density at radius 3 is 2.72 bits per heavy atom. The Balaban J connectivity index is 1.62. The molecular weight excluding hydrogens is 456 g/mol. The van der Waals surface area contributed by atoms with Gasteiger partial charge in [-0.3, -0.25) is 0 Å². The van der Waals surface area contributed by atoms with Crippen molar-refractivity contribution in [2.75, 3.05) is 6.61 Å². The maximum atomic E-state index is 12.5. The second-order valence-electron chi connectivity index (χ2n) is 8.67. The van der Waals surface area contributed by atoms with Crippen molar-refractivity contribution in [2.45, 2.75) is 58.7 Å². The van der Waals surface area contributed by atoms with E-state index < -0.39 is 19.8 Å². The van der Waals surface area contributed by atoms with Crippen molar-refractivity contribution < 1.29 is 23.7 Å². The zero-order valence-electron chi connectivity index (χ0n) is 17.5. The minimum absolute atomic E-state index is 0.264. The number of rotatable bonds is 8. The molecule has 0 fully saturated rings. The molecule has 0 aliphatic carbocycles. The molecule has 158 valence electrons. The van der Waals surface area contributed by atoms with Crippen LogP contribution in [0.3, 0.4) is 0 Å². The third kappa shape index (κ3) is 5.83. The van der Waals surface area contributed by atoms with Crippen LogP contribution in [0.4, 0.5) is 0 Å². The zero-order chi connectivity index (χ0) is 21.2. The molecule has 1 aromatic heterocycles. The fraction of sp³-hybridized carbons (Fsp3) is 0.500. The summed E-state index contributed by atoms with van der Waals surface area (Å²) in [6.07, 6.45) is 3.60. The molecular formula is C20H27BrN2O5Si. The lowest BCUT2D eigenvalue weighted by atomic mass is 10.1. The van der Waals surface area contributed by atoms with Gasteiger partial charge in [-0.2, -0.15) is 5.10 Å². The highest BCUT2D eigenvalue weighted by Crippen LogP contribution is 2.42. The van der Waals surface area contributed by atoms with Gasteiger partial charge in [0.25, 0.3) is 0 Å². The van der Waals surface area contributed by atoms with Crippen LogP contribution >= 0.6 is 15.9 Å². The largest absolute Gasteiger partial charge is 0.488 e. The SMILES string of the molecule is CC1(C)OC(=O)c2c(OCc3cnn(COCC[Si](C)(C)C)c3)ccc(Br)c2O1. The summed E-state index contributed by atoms with van der Waals surface area (Å²) in [6.45, 7) is 11.8. The van der Waals surface area contributed by atoms with Crippen LogP contribution in [-0.2, 0) is 22.8 Å². The lowest BCUT2D eigenvalue weighted by molar-refractivity contribution is -0.128. The van der Waals surface area contributed by atoms with Crippen LogP contribution in [0.25, 0.3) is 0 Å². The van der Waals surface area contributed by atoms with Crippen molar-refractivity contribution in [2.24, 2.45) is 0 Å². The number of aromatic nitrogens is 2. The van der Waals surface area contributed by atoms with Crippen LogP contribution in [0.5, 0.6) is 11.5 Å². The third-order valence-electron chi connectivity index (χ3n) is 4.26. The first-order valence-corrected chi connectivity index (χ1v) is 14.0. The van der Waals surface area contributed by atoms with Gasteiger partial charge in [0.05, 0.1) is 10.7 Å². The Hall–Kier alpha value is -1.84. The number of ether oxygens (including phenoxy) is 4. The number of cyclic esters (lactones) is 1. The predicted molar refractivity (Wildman–Crippen MR) is 115 cm³/mol. The highest BCUT2D eigenvalue weighted by atomic mass is 79.9. The van der Waals surface area contributed by atoms with Crippen molar-refractivity contribution in [3.63, 3.8) is 0 Å². The fourth-order valence-electron chi connectivity index (χ4n) is 2.74. The molecule has 1 aromatic carbocycles. The highest BCUT2D eigenvalue weighted by Gasteiger charge is 2.37. The van der Waals surface area contributed by atoms with Gasteiger partial charge >= 0.3 is 5.97 Å². The molecule has 0 radical (unpaired) electrons. The van der Waals surface area contributed by atoms with Crippen molar-refractivity contribution >= 4 is 30.0 Å². The average molecular weight is 483 g/mol. The van der Waals surface area contributed by atoms with Crippen molar-refractivity contribution in [3.05, 3.63) is 40.1 Å². The van der Waals surface area contributed by atoms with E-state index in [-0.39, 0.29) is 12.2 Å². The van der Waals surface area contributed by atoms with E-state index in [9.17, 15) is 4.79 Å². The van der Waals surface area contributed by atoms with Gasteiger partial charge in [-0.05, 0) is 34.1 Å². The maximum absolute atomic E-state index is 12.5. The molecule has 0 saturated carbocycles. The first-order chi connectivity index (χ1) is 13.5. The number of hydrogen-bond donors (Lipinski definition) is 0. The van der Waals surface area contributed by atoms with Crippen LogP contribution < -0.4 is 9.47 Å². The Bertz CT molecular complexity index is 891. The maximum Gasteiger partial charge on any atom is 0.349 e. The lowest BCUT2D eigenvalue weighted by Crippen LogP contribution is -2.39. The van der Waals surface area contributed by atoms with Crippen LogP contribution in [0.1, 0.15) is 29.8 Å². The summed E-state index contributed by atoms with van der Waals surface area (Å²) in [5, 5.41) is 4.30. The molecule has 0 unspecified atom stereocenters. The molecule has 2 aromatic rings. The summed E-state index contributed by atoms with van der Waals surface area (Å²) in [4.78, 5) is 12.5. The molecule has 0 spiro atoms. The third-order valence-corrected chi connectivity index (χ3v) is 6.59. The molecule has 9 heteroatoms. The molecule has 2 heterocycles. The molecule has 0 bridgehead atoms. The normalized spacial score (nSPS) is 15.4. The number of esters is 1. The zero-order valence-corrected chi connectivity index (χ0v) is 20.0. The average Bonchev–Trinajstić information content (AvgIpc) is 3.05. The van der Waals surface area contributed by atoms with E-state index >= 15 is 0 Å². The van der Waals surface area contributed by atoms with E-state index in [1.54, 1.807) is 36.9 Å². The monoisotopic (exact) mass is 482 g/mol. The number of nitrogens with zero attached hydrogens (tertiary/aromatic N) is 2. The highest BCUT2D eigenvalue weighted by molar-refractivity contribution is 9.10. The van der Waals surface area contributed by atoms with Crippen LogP contribution in [0.2, 0.25) is 25.7 Å². The Labute approximate surface area is 180 Å². The van der Waals surface area contributed by atoms with Crippen molar-refractivity contribution in [3.8, 4) is 11.5 Å². The van der Waals surface area contributed by atoms with Gasteiger partial charge in [-0.15, -0.1) is 0 Å². The number of halogens is 1. The molecule has 0 N–H and O–H groups in total. The van der Waals surface area contributed by atoms with Crippen LogP contribution in [-0.4, -0.2) is 36.2 Å². The van der Waals surface area contributed by atoms with E-state index in [1.165, 1.54) is 0 Å². The van der Waals surface area contributed by atoms with E-state index in [4.69, 9.17) is 18.9 Å². The summed E-state index contributed by atoms with van der Waals surface area (Å²) >= 11 is 3.42. The topological polar surface area (TPSA) is 71.8 Å². The standard InChI is InChI=1S/C20H27BrN2O5Si/c1-20(2)27-18-15(21)6-7-16(17(18)19(24)28-20)26-12-14-10-22-23(11-14)13-25-8-9-29(3,4)5/h6-7,10-11H,8-9,12-13H2,1-5H3. The summed E-state index contributed by atoms with van der Waals surface area (Å²) in [5.74, 6) is -0.668. The Morgan fingerprint density at radius 1 is 1.24 bits per heavy atom. The van der Waals surface area contributed by atoms with E-state index in [2.05, 4.69) is 40.7 Å². The van der Waals surface area contributed by atoms with E-state index in [0.29, 0.717) is 22.7 Å².